The molecule has 1 amide bonds. The van der Waals surface area contributed by atoms with Gasteiger partial charge in [-0.05, 0) is 34.9 Å². The van der Waals surface area contributed by atoms with Gasteiger partial charge >= 0.3 is 0 Å². The molecule has 2 aliphatic rings. The summed E-state index contributed by atoms with van der Waals surface area (Å²) in [4.78, 5) is 29.4. The summed E-state index contributed by atoms with van der Waals surface area (Å²) in [6, 6.07) is 22.2. The van der Waals surface area contributed by atoms with Gasteiger partial charge in [0.05, 0.1) is 16.6 Å². The Morgan fingerprint density at radius 2 is 1.75 bits per heavy atom. The number of hydrogen-bond donors (Lipinski definition) is 1. The van der Waals surface area contributed by atoms with Gasteiger partial charge in [-0.15, -0.1) is 0 Å². The molecule has 0 bridgehead atoms. The van der Waals surface area contributed by atoms with E-state index in [0.29, 0.717) is 24.0 Å². The second-order valence-electron chi connectivity index (χ2n) is 9.55. The van der Waals surface area contributed by atoms with Crippen LogP contribution < -0.4 is 5.56 Å². The fourth-order valence-electron chi connectivity index (χ4n) is 5.30. The van der Waals surface area contributed by atoms with Crippen LogP contribution in [0, 0.1) is 11.7 Å². The van der Waals surface area contributed by atoms with Gasteiger partial charge in [0.15, 0.2) is 0 Å². The Balaban J connectivity index is 1.19. The highest BCUT2D eigenvalue weighted by Crippen LogP contribution is 2.32. The SMILES string of the molecule is O=C(c1cc(Cc2n[nH]c(=O)c3ccccc23)ccc1F)N1C=C2CN(Cc3ccccc3)CC2C1. The first-order valence-corrected chi connectivity index (χ1v) is 12.1. The topological polar surface area (TPSA) is 69.3 Å². The van der Waals surface area contributed by atoms with Crippen molar-refractivity contribution in [1.82, 2.24) is 20.0 Å². The van der Waals surface area contributed by atoms with Crippen molar-refractivity contribution < 1.29 is 9.18 Å². The first-order valence-electron chi connectivity index (χ1n) is 12.1. The van der Waals surface area contributed by atoms with E-state index in [0.717, 1.165) is 30.6 Å². The molecule has 1 aromatic heterocycles. The molecule has 3 heterocycles. The van der Waals surface area contributed by atoms with Crippen molar-refractivity contribution in [2.75, 3.05) is 19.6 Å². The number of nitrogens with one attached hydrogen (secondary N) is 1. The zero-order chi connectivity index (χ0) is 24.6. The van der Waals surface area contributed by atoms with Gasteiger partial charge in [0.1, 0.15) is 5.82 Å². The molecule has 0 radical (unpaired) electrons. The summed E-state index contributed by atoms with van der Waals surface area (Å²) < 4.78 is 14.8. The molecule has 1 unspecified atom stereocenters. The number of benzene rings is 3. The van der Waals surface area contributed by atoms with Gasteiger partial charge in [-0.2, -0.15) is 5.10 Å². The zero-order valence-corrected chi connectivity index (χ0v) is 19.7. The molecule has 6 nitrogen and oxygen atoms in total. The minimum atomic E-state index is -0.538. The molecule has 0 saturated carbocycles. The van der Waals surface area contributed by atoms with E-state index in [1.165, 1.54) is 17.2 Å². The maximum atomic E-state index is 14.8. The van der Waals surface area contributed by atoms with Crippen molar-refractivity contribution >= 4 is 16.7 Å². The summed E-state index contributed by atoms with van der Waals surface area (Å²) in [7, 11) is 0. The lowest BCUT2D eigenvalue weighted by molar-refractivity contribution is 0.0815. The number of carbonyl (C=O) groups excluding carboxylic acids is 1. The lowest BCUT2D eigenvalue weighted by Crippen LogP contribution is -2.30. The molecule has 4 aromatic rings. The summed E-state index contributed by atoms with van der Waals surface area (Å²) in [5.41, 5.74) is 3.73. The molecule has 0 spiro atoms. The number of likely N-dealkylation sites (tertiary alicyclic amines) is 1. The normalized spacial score (nSPS) is 17.4. The lowest BCUT2D eigenvalue weighted by Gasteiger charge is -2.20. The fourth-order valence-corrected chi connectivity index (χ4v) is 5.30. The molecule has 1 fully saturated rings. The van der Waals surface area contributed by atoms with Crippen LogP contribution in [-0.4, -0.2) is 45.5 Å². The van der Waals surface area contributed by atoms with Crippen LogP contribution in [0.5, 0.6) is 0 Å². The number of amides is 1. The molecular formula is C29H25FN4O2. The van der Waals surface area contributed by atoms with Gasteiger partial charge in [-0.3, -0.25) is 14.5 Å². The third-order valence-electron chi connectivity index (χ3n) is 7.07. The van der Waals surface area contributed by atoms with Gasteiger partial charge in [0.2, 0.25) is 0 Å². The Labute approximate surface area is 207 Å². The molecule has 1 saturated heterocycles. The monoisotopic (exact) mass is 480 g/mol. The molecule has 1 N–H and O–H groups in total. The first kappa shape index (κ1) is 22.4. The molecule has 180 valence electrons. The fraction of sp³-hybridized carbons (Fsp3) is 0.207. The smallest absolute Gasteiger partial charge is 0.272 e. The highest BCUT2D eigenvalue weighted by atomic mass is 19.1. The number of carbonyl (C=O) groups is 1. The first-order chi connectivity index (χ1) is 17.5. The molecule has 7 heteroatoms. The molecule has 0 aliphatic carbocycles. The largest absolute Gasteiger partial charge is 0.314 e. The Morgan fingerprint density at radius 1 is 0.972 bits per heavy atom. The Bertz CT molecular complexity index is 1550. The van der Waals surface area contributed by atoms with Gasteiger partial charge in [0, 0.05) is 50.1 Å². The summed E-state index contributed by atoms with van der Waals surface area (Å²) in [6.45, 7) is 3.15. The van der Waals surface area contributed by atoms with E-state index in [9.17, 15) is 14.0 Å². The van der Waals surface area contributed by atoms with Crippen LogP contribution in [0.15, 0.2) is 89.4 Å². The van der Waals surface area contributed by atoms with Crippen molar-refractivity contribution in [3.63, 3.8) is 0 Å². The van der Waals surface area contributed by atoms with Gasteiger partial charge in [-0.25, -0.2) is 9.49 Å². The molecule has 1 atom stereocenters. The number of nitrogens with zero attached hydrogens (tertiary/aromatic N) is 3. The van der Waals surface area contributed by atoms with Crippen LogP contribution in [0.25, 0.3) is 10.8 Å². The summed E-state index contributed by atoms with van der Waals surface area (Å²) in [5.74, 6) is -0.588. The molecule has 3 aromatic carbocycles. The van der Waals surface area contributed by atoms with Crippen LogP contribution in [-0.2, 0) is 13.0 Å². The highest BCUT2D eigenvalue weighted by molar-refractivity contribution is 5.95. The van der Waals surface area contributed by atoms with Crippen molar-refractivity contribution in [3.05, 3.63) is 123 Å². The minimum Gasteiger partial charge on any atom is -0.314 e. The highest BCUT2D eigenvalue weighted by Gasteiger charge is 2.36. The summed E-state index contributed by atoms with van der Waals surface area (Å²) in [6.07, 6.45) is 2.27. The number of aromatic amines is 1. The van der Waals surface area contributed by atoms with E-state index in [1.54, 1.807) is 29.2 Å². The number of H-pyrrole nitrogens is 1. The summed E-state index contributed by atoms with van der Waals surface area (Å²) in [5, 5.41) is 8.04. The molecular weight excluding hydrogens is 455 g/mol. The van der Waals surface area contributed by atoms with Gasteiger partial charge in [-0.1, -0.05) is 54.6 Å². The van der Waals surface area contributed by atoms with Gasteiger partial charge in [0.25, 0.3) is 11.5 Å². The van der Waals surface area contributed by atoms with Gasteiger partial charge < -0.3 is 4.90 Å². The van der Waals surface area contributed by atoms with Crippen LogP contribution in [0.3, 0.4) is 0 Å². The Kier molecular flexibility index (Phi) is 5.70. The maximum Gasteiger partial charge on any atom is 0.272 e. The summed E-state index contributed by atoms with van der Waals surface area (Å²) >= 11 is 0. The average molecular weight is 481 g/mol. The van der Waals surface area contributed by atoms with Crippen LogP contribution in [0.4, 0.5) is 4.39 Å². The van der Waals surface area contributed by atoms with Crippen LogP contribution in [0.2, 0.25) is 0 Å². The number of fused-ring (bicyclic) bond motifs is 2. The van der Waals surface area contributed by atoms with Crippen molar-refractivity contribution in [2.24, 2.45) is 5.92 Å². The third-order valence-corrected chi connectivity index (χ3v) is 7.07. The van der Waals surface area contributed by atoms with Crippen molar-refractivity contribution in [3.8, 4) is 0 Å². The quantitative estimate of drug-likeness (QED) is 0.467. The predicted octanol–water partition coefficient (Wildman–Crippen LogP) is 4.12. The van der Waals surface area contributed by atoms with E-state index in [1.807, 2.05) is 36.5 Å². The number of rotatable bonds is 5. The predicted molar refractivity (Wildman–Crippen MR) is 136 cm³/mol. The number of aromatic nitrogens is 2. The van der Waals surface area contributed by atoms with E-state index < -0.39 is 5.82 Å². The standard InChI is InChI=1S/C29H25FN4O2/c30-26-11-10-20(13-27-23-8-4-5-9-24(23)28(35)32-31-27)12-25(26)29(36)34-17-21-15-33(16-22(21)18-34)14-19-6-2-1-3-7-19/h1-12,17,22H,13-16,18H2,(H,32,35). The van der Waals surface area contributed by atoms with Crippen LogP contribution >= 0.6 is 0 Å². The number of halogens is 1. The van der Waals surface area contributed by atoms with Crippen molar-refractivity contribution in [1.29, 1.82) is 0 Å². The average Bonchev–Trinajstić information content (AvgIpc) is 3.46. The Morgan fingerprint density at radius 3 is 2.56 bits per heavy atom. The van der Waals surface area contributed by atoms with E-state index in [-0.39, 0.29) is 22.9 Å². The minimum absolute atomic E-state index is 0.0548. The molecule has 2 aliphatic heterocycles. The third kappa shape index (κ3) is 4.22. The maximum absolute atomic E-state index is 14.8. The van der Waals surface area contributed by atoms with Crippen molar-refractivity contribution in [2.45, 2.75) is 13.0 Å². The zero-order valence-electron chi connectivity index (χ0n) is 19.7. The molecule has 36 heavy (non-hydrogen) atoms. The Hall–Kier alpha value is -4.10. The lowest BCUT2D eigenvalue weighted by atomic mass is 10.0. The van der Waals surface area contributed by atoms with E-state index in [4.69, 9.17) is 0 Å². The second-order valence-corrected chi connectivity index (χ2v) is 9.55. The number of hydrogen-bond acceptors (Lipinski definition) is 4. The second kappa shape index (κ2) is 9.17. The van der Waals surface area contributed by atoms with E-state index >= 15 is 0 Å². The van der Waals surface area contributed by atoms with E-state index in [2.05, 4.69) is 27.2 Å². The van der Waals surface area contributed by atoms with Crippen LogP contribution in [0.1, 0.15) is 27.2 Å². The molecule has 6 rings (SSSR count).